The molecule has 0 N–H and O–H groups in total. The van der Waals surface area contributed by atoms with E-state index in [2.05, 4.69) is 161 Å². The van der Waals surface area contributed by atoms with Crippen molar-refractivity contribution in [2.75, 3.05) is 4.81 Å². The minimum atomic E-state index is -0.00491. The molecule has 10 aromatic rings. The molecule has 2 aliphatic heterocycles. The van der Waals surface area contributed by atoms with Crippen LogP contribution in [0.5, 0.6) is 0 Å². The van der Waals surface area contributed by atoms with E-state index in [0.717, 1.165) is 35.5 Å². The fraction of sp³-hybridized carbons (Fsp3) is 0.303. The molecule has 6 bridgehead atoms. The van der Waals surface area contributed by atoms with Crippen molar-refractivity contribution >= 4 is 93.2 Å². The summed E-state index contributed by atoms with van der Waals surface area (Å²) in [6.45, 7) is -0.00491. The van der Waals surface area contributed by atoms with Crippen LogP contribution in [0.25, 0.3) is 80.7 Å². The minimum Gasteiger partial charge on any atom is -0.376 e. The number of anilines is 2. The van der Waals surface area contributed by atoms with Crippen molar-refractivity contribution in [3.05, 3.63) is 163 Å². The third-order valence-corrected chi connectivity index (χ3v) is 23.0. The highest BCUT2D eigenvalue weighted by atomic mass is 32.1. The molecular weight excluding hydrogens is 864 g/mol. The Hall–Kier alpha value is -6.10. The van der Waals surface area contributed by atoms with Crippen LogP contribution in [-0.2, 0) is 10.8 Å². The fourth-order valence-electron chi connectivity index (χ4n) is 19.7. The molecule has 2 aromatic heterocycles. The van der Waals surface area contributed by atoms with Gasteiger partial charge in [0.1, 0.15) is 0 Å². The Balaban J connectivity index is 0.937. The summed E-state index contributed by atoms with van der Waals surface area (Å²) < 4.78 is 5.52. The maximum absolute atomic E-state index is 2.83. The Morgan fingerprint density at radius 1 is 0.500 bits per heavy atom. The molecule has 10 aliphatic rings. The van der Waals surface area contributed by atoms with Gasteiger partial charge in [-0.3, -0.25) is 0 Å². The van der Waals surface area contributed by atoms with Gasteiger partial charge in [0.15, 0.2) is 0 Å². The van der Waals surface area contributed by atoms with Gasteiger partial charge in [-0.15, -0.1) is 11.3 Å². The van der Waals surface area contributed by atoms with Gasteiger partial charge in [-0.25, -0.2) is 0 Å². The van der Waals surface area contributed by atoms with Gasteiger partial charge >= 0.3 is 6.85 Å². The van der Waals surface area contributed by atoms with E-state index in [-0.39, 0.29) is 12.3 Å². The Morgan fingerprint density at radius 3 is 1.99 bits per heavy atom. The van der Waals surface area contributed by atoms with E-state index in [1.165, 1.54) is 174 Å². The number of rotatable bonds is 4. The summed E-state index contributed by atoms with van der Waals surface area (Å²) in [5.74, 6) is 5.62. The average Bonchev–Trinajstić information content (AvgIpc) is 4.11. The maximum Gasteiger partial charge on any atom is 0.333 e. The molecule has 0 radical (unpaired) electrons. The lowest BCUT2D eigenvalue weighted by Gasteiger charge is -2.66. The lowest BCUT2D eigenvalue weighted by atomic mass is 9.38. The molecule has 20 rings (SSSR count). The van der Waals surface area contributed by atoms with E-state index in [0.29, 0.717) is 10.8 Å². The van der Waals surface area contributed by atoms with Crippen LogP contribution in [0.1, 0.15) is 81.8 Å². The van der Waals surface area contributed by atoms with Crippen LogP contribution in [0.15, 0.2) is 152 Å². The van der Waals surface area contributed by atoms with Gasteiger partial charge in [0.2, 0.25) is 0 Å². The molecule has 336 valence electrons. The van der Waals surface area contributed by atoms with Gasteiger partial charge in [-0.1, -0.05) is 97.1 Å². The number of thiophene rings is 1. The van der Waals surface area contributed by atoms with Crippen LogP contribution in [-0.4, -0.2) is 11.4 Å². The number of aromatic nitrogens is 1. The zero-order valence-corrected chi connectivity index (χ0v) is 40.4. The van der Waals surface area contributed by atoms with Crippen molar-refractivity contribution in [2.45, 2.75) is 81.5 Å². The molecule has 4 heteroatoms. The van der Waals surface area contributed by atoms with Gasteiger partial charge in [0.25, 0.3) is 0 Å². The molecule has 0 saturated heterocycles. The first kappa shape index (κ1) is 37.7. The number of fused-ring (bicyclic) bond motifs is 13. The molecule has 8 fully saturated rings. The normalized spacial score (nSPS) is 30.9. The molecular formula is C66H53BN2S. The van der Waals surface area contributed by atoms with Gasteiger partial charge in [-0.05, 0) is 226 Å². The zero-order valence-electron chi connectivity index (χ0n) is 39.6. The molecule has 8 saturated carbocycles. The molecule has 8 aromatic carbocycles. The smallest absolute Gasteiger partial charge is 0.333 e. The molecule has 8 aliphatic carbocycles. The van der Waals surface area contributed by atoms with E-state index in [4.69, 9.17) is 0 Å². The summed E-state index contributed by atoms with van der Waals surface area (Å²) in [5, 5.41) is 8.44. The van der Waals surface area contributed by atoms with Crippen molar-refractivity contribution < 1.29 is 0 Å². The van der Waals surface area contributed by atoms with Gasteiger partial charge in [-0.2, -0.15) is 0 Å². The van der Waals surface area contributed by atoms with Gasteiger partial charge in [0, 0.05) is 53.6 Å². The second-order valence-electron chi connectivity index (χ2n) is 24.8. The summed E-state index contributed by atoms with van der Waals surface area (Å²) in [4.78, 5) is 2.82. The molecule has 0 amide bonds. The maximum atomic E-state index is 2.83. The zero-order chi connectivity index (χ0) is 45.0. The van der Waals surface area contributed by atoms with Crippen LogP contribution in [0.2, 0.25) is 0 Å². The van der Waals surface area contributed by atoms with E-state index in [1.807, 2.05) is 11.3 Å². The second-order valence-corrected chi connectivity index (χ2v) is 25.9. The molecule has 4 heterocycles. The predicted molar refractivity (Wildman–Crippen MR) is 293 cm³/mol. The summed E-state index contributed by atoms with van der Waals surface area (Å²) in [5.41, 5.74) is 19.7. The molecule has 2 unspecified atom stereocenters. The highest BCUT2D eigenvalue weighted by Crippen LogP contribution is 2.84. The van der Waals surface area contributed by atoms with Crippen LogP contribution in [0.4, 0.5) is 11.4 Å². The van der Waals surface area contributed by atoms with Crippen molar-refractivity contribution in [1.29, 1.82) is 0 Å². The van der Waals surface area contributed by atoms with Gasteiger partial charge in [0.05, 0.1) is 11.0 Å². The van der Waals surface area contributed by atoms with Crippen LogP contribution >= 0.6 is 11.3 Å². The lowest BCUT2D eigenvalue weighted by molar-refractivity contribution is -0.175. The standard InChI is InChI=1S/C66H53BN2S/c1-2-8-40(9-3-1)41-14-17-48(18-15-41)69-57-30-60-52(50-12-6-7-13-59(50)70-60)29-54(57)61-49-11-5-4-10-42(49)23-58-62(61)67(69)55-28-44(64-31-37-20-38(32-64)22-39(21-37)33-64)27-53-51-26-43(16-19-56(51)68(58)63(53)55)65-34-46-24-45-25-47(35-65)66(45,46)36-65/h1-19,23,26-30,37-39,45-47H,20-22,24-25,31-36H2. The number of hydrogen-bond acceptors (Lipinski definition) is 2. The van der Waals surface area contributed by atoms with E-state index >= 15 is 0 Å². The molecule has 1 spiro atoms. The highest BCUT2D eigenvalue weighted by molar-refractivity contribution is 7.25. The third-order valence-electron chi connectivity index (χ3n) is 21.9. The first-order valence-corrected chi connectivity index (χ1v) is 27.9. The first-order chi connectivity index (χ1) is 34.5. The SMILES string of the molecule is c1ccc(-c2ccc(N3B4c5c(cc6ccccc6c5-c5cc6c(cc53)sc3ccccc36)-n3c5ccc(C67CC8CC9CC(C6)C98C7)cc5c5cc(C67CC8CC(CC(C8)C6)C7)cc4c53)cc2)cc1. The quantitative estimate of drug-likeness (QED) is 0.160. The Morgan fingerprint density at radius 2 is 1.21 bits per heavy atom. The van der Waals surface area contributed by atoms with Crippen molar-refractivity contribution in [1.82, 2.24) is 4.57 Å². The monoisotopic (exact) mass is 916 g/mol. The summed E-state index contributed by atoms with van der Waals surface area (Å²) >= 11 is 1.95. The Labute approximate surface area is 413 Å². The molecule has 70 heavy (non-hydrogen) atoms. The fourth-order valence-corrected chi connectivity index (χ4v) is 20.8. The van der Waals surface area contributed by atoms with Crippen molar-refractivity contribution in [3.8, 4) is 27.9 Å². The van der Waals surface area contributed by atoms with Crippen molar-refractivity contribution in [2.24, 2.45) is 40.9 Å². The largest absolute Gasteiger partial charge is 0.376 e. The number of nitrogens with zero attached hydrogens (tertiary/aromatic N) is 2. The highest BCUT2D eigenvalue weighted by Gasteiger charge is 2.77. The number of hydrogen-bond donors (Lipinski definition) is 0. The van der Waals surface area contributed by atoms with E-state index < -0.39 is 0 Å². The average molecular weight is 917 g/mol. The van der Waals surface area contributed by atoms with Crippen LogP contribution in [0, 0.1) is 40.9 Å². The minimum absolute atomic E-state index is 0.00491. The Bertz CT molecular complexity index is 3970. The Kier molecular flexibility index (Phi) is 6.73. The predicted octanol–water partition coefficient (Wildman–Crippen LogP) is 15.8. The summed E-state index contributed by atoms with van der Waals surface area (Å²) in [6, 6.07) is 60.5. The lowest BCUT2D eigenvalue weighted by Crippen LogP contribution is -2.61. The second kappa shape index (κ2) is 12.5. The molecule has 2 nitrogen and oxygen atoms in total. The van der Waals surface area contributed by atoms with Gasteiger partial charge < -0.3 is 9.38 Å². The third kappa shape index (κ3) is 4.42. The summed E-state index contributed by atoms with van der Waals surface area (Å²) in [6.07, 6.45) is 15.8. The van der Waals surface area contributed by atoms with E-state index in [1.54, 1.807) is 11.1 Å². The first-order valence-electron chi connectivity index (χ1n) is 27.1. The van der Waals surface area contributed by atoms with Crippen molar-refractivity contribution in [3.63, 3.8) is 0 Å². The topological polar surface area (TPSA) is 8.17 Å². The molecule has 2 atom stereocenters. The van der Waals surface area contributed by atoms with Crippen LogP contribution < -0.4 is 15.7 Å². The van der Waals surface area contributed by atoms with E-state index in [9.17, 15) is 0 Å². The number of benzene rings is 8. The summed E-state index contributed by atoms with van der Waals surface area (Å²) in [7, 11) is 0. The van der Waals surface area contributed by atoms with Crippen LogP contribution in [0.3, 0.4) is 0 Å².